The number of amides is 2. The molecule has 2 fully saturated rings. The zero-order valence-electron chi connectivity index (χ0n) is 13.4. The second-order valence-corrected chi connectivity index (χ2v) is 6.00. The van der Waals surface area contributed by atoms with Gasteiger partial charge < -0.3 is 24.1 Å². The average Bonchev–Trinajstić information content (AvgIpc) is 2.99. The molecule has 0 bridgehead atoms. The van der Waals surface area contributed by atoms with E-state index in [1.165, 1.54) is 0 Å². The Kier molecular flexibility index (Phi) is 5.90. The summed E-state index contributed by atoms with van der Waals surface area (Å²) < 4.78 is 16.3. The Labute approximate surface area is 136 Å². The highest BCUT2D eigenvalue weighted by molar-refractivity contribution is 5.74. The van der Waals surface area contributed by atoms with Gasteiger partial charge in [0, 0.05) is 51.4 Å². The first-order valence-electron chi connectivity index (χ1n) is 8.27. The van der Waals surface area contributed by atoms with Crippen LogP contribution in [0.2, 0.25) is 0 Å². The van der Waals surface area contributed by atoms with Crippen LogP contribution in [0, 0.1) is 0 Å². The molecular weight excluding hydrogens is 298 g/mol. The van der Waals surface area contributed by atoms with Gasteiger partial charge in [0.25, 0.3) is 0 Å². The van der Waals surface area contributed by atoms with Crippen LogP contribution in [-0.2, 0) is 16.0 Å². The van der Waals surface area contributed by atoms with Crippen molar-refractivity contribution in [1.82, 2.24) is 15.1 Å². The SMILES string of the molecule is O=C(NCc1ccoc1)N1CCCO[C@@H](CN2CCOCC2)C1. The van der Waals surface area contributed by atoms with Gasteiger partial charge in [0.1, 0.15) is 0 Å². The maximum absolute atomic E-state index is 12.4. The first kappa shape index (κ1) is 16.3. The minimum absolute atomic E-state index is 0.0383. The van der Waals surface area contributed by atoms with Gasteiger partial charge in [-0.15, -0.1) is 0 Å². The molecule has 2 saturated heterocycles. The van der Waals surface area contributed by atoms with Crippen LogP contribution < -0.4 is 5.32 Å². The van der Waals surface area contributed by atoms with Crippen molar-refractivity contribution in [3.8, 4) is 0 Å². The molecule has 2 amide bonds. The maximum atomic E-state index is 12.4. The van der Waals surface area contributed by atoms with Crippen molar-refractivity contribution in [3.05, 3.63) is 24.2 Å². The van der Waals surface area contributed by atoms with Gasteiger partial charge in [0.15, 0.2) is 0 Å². The fraction of sp³-hybridized carbons (Fsp3) is 0.688. The summed E-state index contributed by atoms with van der Waals surface area (Å²) in [4.78, 5) is 16.6. The lowest BCUT2D eigenvalue weighted by Crippen LogP contribution is -2.47. The number of hydrogen-bond donors (Lipinski definition) is 1. The van der Waals surface area contributed by atoms with E-state index in [2.05, 4.69) is 10.2 Å². The van der Waals surface area contributed by atoms with Gasteiger partial charge in [-0.3, -0.25) is 4.90 Å². The maximum Gasteiger partial charge on any atom is 0.317 e. The lowest BCUT2D eigenvalue weighted by molar-refractivity contribution is -0.0101. The van der Waals surface area contributed by atoms with Gasteiger partial charge in [-0.1, -0.05) is 0 Å². The van der Waals surface area contributed by atoms with E-state index in [1.54, 1.807) is 12.5 Å². The normalized spacial score (nSPS) is 23.5. The van der Waals surface area contributed by atoms with Gasteiger partial charge in [-0.05, 0) is 12.5 Å². The third kappa shape index (κ3) is 4.95. The first-order chi connectivity index (χ1) is 11.3. The van der Waals surface area contributed by atoms with Crippen LogP contribution in [0.3, 0.4) is 0 Å². The molecule has 7 nitrogen and oxygen atoms in total. The van der Waals surface area contributed by atoms with E-state index in [1.807, 2.05) is 11.0 Å². The Morgan fingerprint density at radius 2 is 2.13 bits per heavy atom. The number of hydrogen-bond acceptors (Lipinski definition) is 5. The number of urea groups is 1. The molecular formula is C16H25N3O4. The quantitative estimate of drug-likeness (QED) is 0.892. The number of carbonyl (C=O) groups excluding carboxylic acids is 1. The molecule has 0 saturated carbocycles. The topological polar surface area (TPSA) is 67.2 Å². The first-order valence-corrected chi connectivity index (χ1v) is 8.27. The summed E-state index contributed by atoms with van der Waals surface area (Å²) in [6.45, 7) is 6.85. The summed E-state index contributed by atoms with van der Waals surface area (Å²) in [5.74, 6) is 0. The summed E-state index contributed by atoms with van der Waals surface area (Å²) in [5, 5.41) is 2.94. The monoisotopic (exact) mass is 323 g/mol. The molecule has 2 aliphatic rings. The van der Waals surface area contributed by atoms with Crippen molar-refractivity contribution in [2.75, 3.05) is 52.5 Å². The Balaban J connectivity index is 1.48. The van der Waals surface area contributed by atoms with E-state index in [0.29, 0.717) is 19.7 Å². The molecule has 7 heteroatoms. The number of morpholine rings is 1. The molecule has 0 aromatic carbocycles. The number of carbonyl (C=O) groups is 1. The van der Waals surface area contributed by atoms with Crippen molar-refractivity contribution >= 4 is 6.03 Å². The molecule has 3 rings (SSSR count). The van der Waals surface area contributed by atoms with Crippen LogP contribution in [0.1, 0.15) is 12.0 Å². The summed E-state index contributed by atoms with van der Waals surface area (Å²) in [6.07, 6.45) is 4.20. The van der Waals surface area contributed by atoms with E-state index < -0.39 is 0 Å². The third-order valence-electron chi connectivity index (χ3n) is 4.23. The van der Waals surface area contributed by atoms with Crippen molar-refractivity contribution in [2.45, 2.75) is 19.1 Å². The van der Waals surface area contributed by atoms with E-state index in [-0.39, 0.29) is 12.1 Å². The highest BCUT2D eigenvalue weighted by atomic mass is 16.5. The zero-order valence-corrected chi connectivity index (χ0v) is 13.4. The number of ether oxygens (including phenoxy) is 2. The molecule has 23 heavy (non-hydrogen) atoms. The Bertz CT molecular complexity index is 474. The lowest BCUT2D eigenvalue weighted by atomic mass is 10.2. The van der Waals surface area contributed by atoms with Crippen LogP contribution in [0.5, 0.6) is 0 Å². The lowest BCUT2D eigenvalue weighted by Gasteiger charge is -2.31. The van der Waals surface area contributed by atoms with E-state index >= 15 is 0 Å². The minimum atomic E-state index is -0.0383. The van der Waals surface area contributed by atoms with Crippen LogP contribution in [0.25, 0.3) is 0 Å². The molecule has 128 valence electrons. The van der Waals surface area contributed by atoms with Crippen LogP contribution >= 0.6 is 0 Å². The predicted molar refractivity (Wildman–Crippen MR) is 84.1 cm³/mol. The standard InChI is InChI=1S/C16H25N3O4/c20-16(17-10-14-2-7-22-13-14)19-3-1-6-23-15(12-19)11-18-4-8-21-9-5-18/h2,7,13,15H,1,3-6,8-12H2,(H,17,20)/t15-/m0/s1. The molecule has 0 aliphatic carbocycles. The molecule has 3 heterocycles. The van der Waals surface area contributed by atoms with Gasteiger partial charge >= 0.3 is 6.03 Å². The van der Waals surface area contributed by atoms with Crippen molar-refractivity contribution in [3.63, 3.8) is 0 Å². The van der Waals surface area contributed by atoms with Gasteiger partial charge in [-0.2, -0.15) is 0 Å². The molecule has 1 aromatic rings. The molecule has 1 atom stereocenters. The van der Waals surface area contributed by atoms with Gasteiger partial charge in [0.05, 0.1) is 31.8 Å². The van der Waals surface area contributed by atoms with Crippen molar-refractivity contribution < 1.29 is 18.7 Å². The third-order valence-corrected chi connectivity index (χ3v) is 4.23. The van der Waals surface area contributed by atoms with E-state index in [9.17, 15) is 4.79 Å². The summed E-state index contributed by atoms with van der Waals surface area (Å²) in [7, 11) is 0. The van der Waals surface area contributed by atoms with E-state index in [4.69, 9.17) is 13.9 Å². The van der Waals surface area contributed by atoms with Crippen molar-refractivity contribution in [2.24, 2.45) is 0 Å². The molecule has 2 aliphatic heterocycles. The smallest absolute Gasteiger partial charge is 0.317 e. The van der Waals surface area contributed by atoms with Crippen LogP contribution in [0.15, 0.2) is 23.0 Å². The molecule has 1 aromatic heterocycles. The summed E-state index contributed by atoms with van der Waals surface area (Å²) in [5.41, 5.74) is 0.967. The summed E-state index contributed by atoms with van der Waals surface area (Å²) >= 11 is 0. The zero-order chi connectivity index (χ0) is 15.9. The Hall–Kier alpha value is -1.57. The molecule has 1 N–H and O–H groups in total. The van der Waals surface area contributed by atoms with Crippen molar-refractivity contribution in [1.29, 1.82) is 0 Å². The minimum Gasteiger partial charge on any atom is -0.472 e. The van der Waals surface area contributed by atoms with Crippen LogP contribution in [0.4, 0.5) is 4.79 Å². The summed E-state index contributed by atoms with van der Waals surface area (Å²) in [6, 6.07) is 1.82. The fourth-order valence-electron chi connectivity index (χ4n) is 2.94. The van der Waals surface area contributed by atoms with E-state index in [0.717, 1.165) is 51.4 Å². The highest BCUT2D eigenvalue weighted by Gasteiger charge is 2.25. The number of nitrogens with zero attached hydrogens (tertiary/aromatic N) is 2. The largest absolute Gasteiger partial charge is 0.472 e. The Morgan fingerprint density at radius 3 is 2.91 bits per heavy atom. The molecule has 0 spiro atoms. The van der Waals surface area contributed by atoms with Gasteiger partial charge in [0.2, 0.25) is 0 Å². The molecule has 0 radical (unpaired) electrons. The highest BCUT2D eigenvalue weighted by Crippen LogP contribution is 2.10. The number of rotatable bonds is 4. The number of furan rings is 1. The Morgan fingerprint density at radius 1 is 1.26 bits per heavy atom. The second-order valence-electron chi connectivity index (χ2n) is 6.00. The fourth-order valence-corrected chi connectivity index (χ4v) is 2.94. The number of nitrogens with one attached hydrogen (secondary N) is 1. The average molecular weight is 323 g/mol. The van der Waals surface area contributed by atoms with Gasteiger partial charge in [-0.25, -0.2) is 4.79 Å². The second kappa shape index (κ2) is 8.33. The molecule has 0 unspecified atom stereocenters. The predicted octanol–water partition coefficient (Wildman–Crippen LogP) is 0.912. The van der Waals surface area contributed by atoms with Crippen LogP contribution in [-0.4, -0.2) is 74.5 Å².